The SMILES string of the molecule is Cc1cc(C)cc(C(=O)c2c(C(C)C)c(=O)[nH]c(=O)n2CC#N)c1.Cc1cc(C)cc(C(=O)c2c(C(C)C)c(=O)[nH]c(=O)n2CC(N)=O)c1.Cc1cc(C)cc(C(=O)c2c(C(C)C)c(=O)[nH]c(=O)n2CCCC(N)=O)c1.Cc1cc(C)cc(C(=O)c2c(C(C)C)c(=O)[nH]c(=O)n2CCCCO)c1.Cc1cc(C)cc(C(=O)c2c(C(C)C)c(=O)[nH]c(=O)n2CCCO)c1. The fraction of sp³-hybridized carbons (Fsp3) is 0.389. The molecule has 10 rings (SSSR count). The number of aromatic nitrogens is 10. The standard InChI is InChI=1S/C20H25N3O4.C20H26N2O4.C19H24N2O4.C18H21N3O4.C18H19N3O3/c1-11(2)16-17(18(25)14-9-12(3)8-13(4)10-14)23(7-5-6-15(21)24)20(27)22-19(16)26;1-12(2)16-17(18(24)15-10-13(3)9-14(4)11-15)22(7-5-6-8-23)20(26)21-19(16)25;1-11(2)15-16(17(23)14-9-12(3)8-13(4)10-14)21(6-5-7-22)19(25)20-18(15)24;1-9(2)14-15(16(23)12-6-10(3)5-11(4)7-12)21(8-13(19)22)18(25)20-17(14)24;1-10(2)14-15(21(6-5-19)18(24)20-17(14)23)16(22)13-8-11(3)7-12(4)9-13/h8-11H,5-7H2,1-4H3,(H2,21,24)(H,22,26,27);9-12,23H,5-8H2,1-4H3,(H,21,25,26);8-11,22H,5-7H2,1-4H3,(H,20,24,25);5-7,9H,8H2,1-4H3,(H2,19,22)(H,20,24,25);7-10H,6H2,1-4H3,(H,20,23,24). The number of nitrogens with zero attached hydrogens (tertiary/aromatic N) is 6. The third kappa shape index (κ3) is 26.2. The van der Waals surface area contributed by atoms with Gasteiger partial charge in [-0.05, 0) is 185 Å². The Morgan fingerprint density at radius 3 is 0.724 bits per heavy atom. The molecule has 5 heterocycles. The van der Waals surface area contributed by atoms with Gasteiger partial charge in [0, 0.05) is 94.9 Å². The molecule has 0 aliphatic carbocycles. The van der Waals surface area contributed by atoms with Crippen LogP contribution in [0.3, 0.4) is 0 Å². The van der Waals surface area contributed by atoms with Crippen LogP contribution in [-0.4, -0.2) is 112 Å². The highest BCUT2D eigenvalue weighted by atomic mass is 16.3. The highest BCUT2D eigenvalue weighted by Gasteiger charge is 2.31. The van der Waals surface area contributed by atoms with Crippen LogP contribution in [0.25, 0.3) is 0 Å². The zero-order valence-electron chi connectivity index (χ0n) is 75.7. The summed E-state index contributed by atoms with van der Waals surface area (Å²) in [5, 5.41) is 27.1. The van der Waals surface area contributed by atoms with E-state index in [1.54, 1.807) is 102 Å². The van der Waals surface area contributed by atoms with Gasteiger partial charge in [-0.3, -0.25) is 105 Å². The molecule has 127 heavy (non-hydrogen) atoms. The number of hydrogen-bond donors (Lipinski definition) is 9. The smallest absolute Gasteiger partial charge is 0.329 e. The zero-order chi connectivity index (χ0) is 95.4. The monoisotopic (exact) mass is 1740 g/mol. The van der Waals surface area contributed by atoms with Gasteiger partial charge in [-0.2, -0.15) is 5.26 Å². The second kappa shape index (κ2) is 45.2. The van der Waals surface area contributed by atoms with E-state index < -0.39 is 86.2 Å². The molecule has 5 aromatic heterocycles. The number of unbranched alkanes of at least 4 members (excludes halogenated alkanes) is 1. The lowest BCUT2D eigenvalue weighted by atomic mass is 9.95. The molecule has 32 heteroatoms. The average Bonchev–Trinajstić information content (AvgIpc) is 0.792. The summed E-state index contributed by atoms with van der Waals surface area (Å²) >= 11 is 0. The normalized spacial score (nSPS) is 11.0. The molecule has 0 fully saturated rings. The number of H-pyrrole nitrogens is 5. The van der Waals surface area contributed by atoms with E-state index in [0.29, 0.717) is 64.6 Å². The Balaban J connectivity index is 0.000000245. The lowest BCUT2D eigenvalue weighted by Crippen LogP contribution is -2.40. The number of aryl methyl sites for hydroxylation is 10. The zero-order valence-corrected chi connectivity index (χ0v) is 75.7. The summed E-state index contributed by atoms with van der Waals surface area (Å²) in [6.45, 7) is 36.3. The third-order valence-corrected chi connectivity index (χ3v) is 20.2. The van der Waals surface area contributed by atoms with Crippen LogP contribution in [0.5, 0.6) is 0 Å². The van der Waals surface area contributed by atoms with Gasteiger partial charge in [-0.25, -0.2) is 24.0 Å². The van der Waals surface area contributed by atoms with Crippen LogP contribution in [0, 0.1) is 80.6 Å². The van der Waals surface area contributed by atoms with Crippen molar-refractivity contribution in [3.63, 3.8) is 0 Å². The second-order valence-corrected chi connectivity index (χ2v) is 33.2. The second-order valence-electron chi connectivity index (χ2n) is 33.2. The Morgan fingerprint density at radius 2 is 0.512 bits per heavy atom. The van der Waals surface area contributed by atoms with Crippen LogP contribution >= 0.6 is 0 Å². The van der Waals surface area contributed by atoms with Crippen molar-refractivity contribution in [2.75, 3.05) is 13.2 Å². The minimum absolute atomic E-state index is 0.00898. The Hall–Kier alpha value is -13.8. The largest absolute Gasteiger partial charge is 0.396 e. The van der Waals surface area contributed by atoms with E-state index in [4.69, 9.17) is 26.9 Å². The molecule has 0 saturated carbocycles. The molecule has 0 atom stereocenters. The van der Waals surface area contributed by atoms with E-state index in [1.807, 2.05) is 133 Å². The van der Waals surface area contributed by atoms with Crippen molar-refractivity contribution >= 4 is 40.7 Å². The number of primary amides is 2. The first-order valence-electron chi connectivity index (χ1n) is 41.7. The highest BCUT2D eigenvalue weighted by Crippen LogP contribution is 2.27. The van der Waals surface area contributed by atoms with Crippen molar-refractivity contribution in [3.8, 4) is 6.07 Å². The first-order chi connectivity index (χ1) is 59.5. The Kier molecular flexibility index (Phi) is 36.3. The molecule has 0 bridgehead atoms. The first kappa shape index (κ1) is 102. The fourth-order valence-corrected chi connectivity index (χ4v) is 15.2. The average molecular weight is 1740 g/mol. The van der Waals surface area contributed by atoms with E-state index in [2.05, 4.69) is 24.9 Å². The van der Waals surface area contributed by atoms with E-state index in [-0.39, 0.29) is 138 Å². The number of carbonyl (C=O) groups is 7. The lowest BCUT2D eigenvalue weighted by molar-refractivity contribution is -0.119. The van der Waals surface area contributed by atoms with Crippen LogP contribution in [0.15, 0.2) is 139 Å². The number of nitriles is 1. The summed E-state index contributed by atoms with van der Waals surface area (Å²) in [4.78, 5) is 223. The summed E-state index contributed by atoms with van der Waals surface area (Å²) in [5.74, 6) is -4.54. The van der Waals surface area contributed by atoms with Gasteiger partial charge in [0.15, 0.2) is 0 Å². The summed E-state index contributed by atoms with van der Waals surface area (Å²) in [6, 6.07) is 28.9. The number of nitrogens with one attached hydrogen (secondary N) is 5. The van der Waals surface area contributed by atoms with E-state index in [1.165, 1.54) is 13.7 Å². The van der Waals surface area contributed by atoms with Gasteiger partial charge in [-0.15, -0.1) is 0 Å². The van der Waals surface area contributed by atoms with Gasteiger partial charge in [0.2, 0.25) is 40.7 Å². The first-order valence-corrected chi connectivity index (χ1v) is 41.7. The molecule has 10 aromatic rings. The summed E-state index contributed by atoms with van der Waals surface area (Å²) < 4.78 is 5.84. The van der Waals surface area contributed by atoms with E-state index in [0.717, 1.165) is 64.8 Å². The third-order valence-electron chi connectivity index (χ3n) is 20.2. The maximum Gasteiger partial charge on any atom is 0.329 e. The number of hydrogen-bond acceptors (Lipinski definition) is 20. The van der Waals surface area contributed by atoms with E-state index in [9.17, 15) is 81.5 Å². The minimum atomic E-state index is -0.832. The van der Waals surface area contributed by atoms with Crippen molar-refractivity contribution in [1.29, 1.82) is 5.26 Å². The number of carbonyl (C=O) groups excluding carboxylic acids is 7. The van der Waals surface area contributed by atoms with Gasteiger partial charge in [0.05, 0.1) is 6.07 Å². The number of aromatic amines is 5. The minimum Gasteiger partial charge on any atom is -0.396 e. The molecule has 0 radical (unpaired) electrons. The van der Waals surface area contributed by atoms with Gasteiger partial charge in [0.1, 0.15) is 41.6 Å². The van der Waals surface area contributed by atoms with Crippen molar-refractivity contribution < 1.29 is 43.8 Å². The number of benzene rings is 5. The molecular formula is C95H115N13O19. The molecule has 674 valence electrons. The fourth-order valence-electron chi connectivity index (χ4n) is 15.2. The maximum absolute atomic E-state index is 13.3. The molecule has 0 aliphatic heterocycles. The number of aliphatic hydroxyl groups is 2. The number of aliphatic hydroxyl groups excluding tert-OH is 2. The van der Waals surface area contributed by atoms with Crippen LogP contribution in [-0.2, 0) is 42.3 Å². The lowest BCUT2D eigenvalue weighted by Gasteiger charge is -2.17. The number of rotatable bonds is 29. The van der Waals surface area contributed by atoms with Crippen LogP contribution in [0.1, 0.15) is 295 Å². The van der Waals surface area contributed by atoms with Crippen LogP contribution in [0.4, 0.5) is 0 Å². The molecule has 0 aliphatic rings. The van der Waals surface area contributed by atoms with Gasteiger partial charge in [0.25, 0.3) is 27.8 Å². The molecule has 5 aromatic carbocycles. The van der Waals surface area contributed by atoms with Gasteiger partial charge < -0.3 is 21.7 Å². The summed E-state index contributed by atoms with van der Waals surface area (Å²) in [5.41, 5.74) is 16.8. The molecule has 0 spiro atoms. The van der Waals surface area contributed by atoms with Crippen LogP contribution < -0.4 is 67.7 Å². The molecule has 0 unspecified atom stereocenters. The van der Waals surface area contributed by atoms with Crippen molar-refractivity contribution in [2.24, 2.45) is 11.5 Å². The van der Waals surface area contributed by atoms with Gasteiger partial charge >= 0.3 is 28.4 Å². The number of ketones is 5. The molecule has 11 N–H and O–H groups in total. The summed E-state index contributed by atoms with van der Waals surface area (Å²) in [6.07, 6.45) is 1.75. The Morgan fingerprint density at radius 1 is 0.307 bits per heavy atom. The topological polar surface area (TPSA) is 510 Å². The predicted molar refractivity (Wildman–Crippen MR) is 485 cm³/mol. The number of amides is 2. The predicted octanol–water partition coefficient (Wildman–Crippen LogP) is 8.97. The van der Waals surface area contributed by atoms with Crippen LogP contribution in [0.2, 0.25) is 0 Å². The highest BCUT2D eigenvalue weighted by molar-refractivity contribution is 6.12. The number of nitrogens with two attached hydrogens (primary N) is 2. The Bertz CT molecular complexity index is 6480. The van der Waals surface area contributed by atoms with E-state index >= 15 is 0 Å². The summed E-state index contributed by atoms with van der Waals surface area (Å²) in [7, 11) is 0. The van der Waals surface area contributed by atoms with Crippen molar-refractivity contribution in [2.45, 2.75) is 233 Å². The Labute approximate surface area is 732 Å². The molecule has 32 nitrogen and oxygen atoms in total. The quantitative estimate of drug-likeness (QED) is 0.0156. The van der Waals surface area contributed by atoms with Crippen molar-refractivity contribution in [1.82, 2.24) is 47.8 Å². The molecular weight excluding hydrogens is 1630 g/mol. The molecule has 0 saturated heterocycles. The van der Waals surface area contributed by atoms with Crippen molar-refractivity contribution in [3.05, 3.63) is 335 Å². The maximum atomic E-state index is 13.3. The molecule has 2 amide bonds. The van der Waals surface area contributed by atoms with Gasteiger partial charge in [-0.1, -0.05) is 155 Å².